The van der Waals surface area contributed by atoms with Gasteiger partial charge in [-0.25, -0.2) is 0 Å². The molecule has 0 saturated carbocycles. The highest BCUT2D eigenvalue weighted by Gasteiger charge is 2.24. The third kappa shape index (κ3) is 5.19. The molecule has 0 spiro atoms. The quantitative estimate of drug-likeness (QED) is 0.121. The van der Waals surface area contributed by atoms with Crippen molar-refractivity contribution in [3.8, 4) is 44.9 Å². The second kappa shape index (κ2) is 12.2. The predicted octanol–water partition coefficient (Wildman–Crippen LogP) is 7.57. The van der Waals surface area contributed by atoms with Crippen molar-refractivity contribution in [2.24, 2.45) is 0 Å². The summed E-state index contributed by atoms with van der Waals surface area (Å²) in [6.45, 7) is 3.86. The van der Waals surface area contributed by atoms with E-state index in [4.69, 9.17) is 0 Å². The molecule has 6 aromatic carbocycles. The van der Waals surface area contributed by atoms with Crippen molar-refractivity contribution in [2.45, 2.75) is 25.2 Å². The topological polar surface area (TPSA) is 88.6 Å². The third-order valence-corrected chi connectivity index (χ3v) is 9.46. The summed E-state index contributed by atoms with van der Waals surface area (Å²) in [5, 5.41) is 42.6. The molecular formula is C40H38N4O2. The zero-order chi connectivity index (χ0) is 31.0. The van der Waals surface area contributed by atoms with Crippen LogP contribution in [-0.2, 0) is 0 Å². The molecule has 0 radical (unpaired) electrons. The summed E-state index contributed by atoms with van der Waals surface area (Å²) in [4.78, 5) is 0. The minimum absolute atomic E-state index is 0.0650. The first kappa shape index (κ1) is 28.7. The van der Waals surface area contributed by atoms with Gasteiger partial charge in [0, 0.05) is 22.3 Å². The molecule has 46 heavy (non-hydrogen) atoms. The Balaban J connectivity index is 1.35. The minimum atomic E-state index is 0.0650. The molecule has 6 N–H and O–H groups in total. The molecule has 8 rings (SSSR count). The Morgan fingerprint density at radius 2 is 0.870 bits per heavy atom. The maximum absolute atomic E-state index is 12.3. The molecule has 2 heterocycles. The third-order valence-electron chi connectivity index (χ3n) is 9.46. The number of hydrogen-bond donors (Lipinski definition) is 6. The van der Waals surface area contributed by atoms with E-state index >= 15 is 0 Å². The van der Waals surface area contributed by atoms with E-state index in [0.29, 0.717) is 11.1 Å². The lowest BCUT2D eigenvalue weighted by Crippen LogP contribution is -2.41. The molecule has 6 aromatic rings. The lowest BCUT2D eigenvalue weighted by molar-refractivity contribution is 0.380. The summed E-state index contributed by atoms with van der Waals surface area (Å²) < 4.78 is 0. The molecule has 2 saturated heterocycles. The van der Waals surface area contributed by atoms with E-state index < -0.39 is 0 Å². The molecular weight excluding hydrogens is 568 g/mol. The fraction of sp³-hybridized carbons (Fsp3) is 0.200. The van der Waals surface area contributed by atoms with Gasteiger partial charge in [-0.1, -0.05) is 84.9 Å². The van der Waals surface area contributed by atoms with Gasteiger partial charge in [0.25, 0.3) is 0 Å². The number of rotatable bonds is 5. The van der Waals surface area contributed by atoms with Crippen molar-refractivity contribution >= 4 is 21.5 Å². The highest BCUT2D eigenvalue weighted by atomic mass is 16.3. The largest absolute Gasteiger partial charge is 0.507 e. The average Bonchev–Trinajstić information content (AvgIpc) is 3.12. The van der Waals surface area contributed by atoms with Crippen LogP contribution < -0.4 is 21.3 Å². The van der Waals surface area contributed by atoms with Crippen LogP contribution >= 0.6 is 0 Å². The van der Waals surface area contributed by atoms with E-state index in [1.807, 2.05) is 60.7 Å². The summed E-state index contributed by atoms with van der Waals surface area (Å²) in [7, 11) is 0. The molecule has 0 unspecified atom stereocenters. The zero-order valence-corrected chi connectivity index (χ0v) is 25.7. The number of hydrogen-bond acceptors (Lipinski definition) is 6. The second-order valence-electron chi connectivity index (χ2n) is 12.4. The first-order valence-corrected chi connectivity index (χ1v) is 16.3. The Bertz CT molecular complexity index is 1910. The van der Waals surface area contributed by atoms with E-state index in [0.717, 1.165) is 93.9 Å². The fourth-order valence-electron chi connectivity index (χ4n) is 7.17. The van der Waals surface area contributed by atoms with Gasteiger partial charge in [-0.05, 0) is 107 Å². The van der Waals surface area contributed by atoms with Crippen molar-refractivity contribution in [1.29, 1.82) is 0 Å². The van der Waals surface area contributed by atoms with Gasteiger partial charge in [0.1, 0.15) is 11.5 Å². The van der Waals surface area contributed by atoms with Gasteiger partial charge >= 0.3 is 0 Å². The van der Waals surface area contributed by atoms with Gasteiger partial charge in [0.15, 0.2) is 0 Å². The van der Waals surface area contributed by atoms with Gasteiger partial charge < -0.3 is 10.2 Å². The maximum atomic E-state index is 12.3. The van der Waals surface area contributed by atoms with Crippen LogP contribution in [0.3, 0.4) is 0 Å². The van der Waals surface area contributed by atoms with E-state index in [-0.39, 0.29) is 23.8 Å². The van der Waals surface area contributed by atoms with Crippen LogP contribution in [0, 0.1) is 0 Å². The van der Waals surface area contributed by atoms with Crippen molar-refractivity contribution < 1.29 is 10.2 Å². The smallest absolute Gasteiger partial charge is 0.132 e. The van der Waals surface area contributed by atoms with Crippen LogP contribution in [0.2, 0.25) is 0 Å². The molecule has 6 nitrogen and oxygen atoms in total. The highest BCUT2D eigenvalue weighted by Crippen LogP contribution is 2.51. The van der Waals surface area contributed by atoms with Crippen molar-refractivity contribution in [3.05, 3.63) is 120 Å². The summed E-state index contributed by atoms with van der Waals surface area (Å²) in [5.74, 6) is 0.310. The Labute approximate surface area is 269 Å². The molecule has 2 aliphatic rings. The summed E-state index contributed by atoms with van der Waals surface area (Å²) in [5.41, 5.74) is 6.84. The normalized spacial score (nSPS) is 16.3. The summed E-state index contributed by atoms with van der Waals surface area (Å²) in [6.07, 6.45) is 2.32. The van der Waals surface area contributed by atoms with Crippen LogP contribution in [0.25, 0.3) is 54.9 Å². The molecule has 0 bridgehead atoms. The van der Waals surface area contributed by atoms with Crippen LogP contribution in [0.15, 0.2) is 109 Å². The van der Waals surface area contributed by atoms with Crippen molar-refractivity contribution in [2.75, 3.05) is 26.2 Å². The zero-order valence-electron chi connectivity index (χ0n) is 25.7. The van der Waals surface area contributed by atoms with Crippen molar-refractivity contribution in [3.63, 3.8) is 0 Å². The molecule has 230 valence electrons. The standard InChI is InChI=1S/C40H38N4O2/c45-37-33(25-11-5-13-29(21-25)39-41-17-7-18-42-39)23-27-9-1-3-15-31(27)35(37)36-32-16-4-2-10-28(32)24-34(38(36)46)26-12-6-14-30(22-26)40-43-19-8-20-44-40/h1-6,9-16,21-24,39-46H,7-8,17-20H2. The monoisotopic (exact) mass is 606 g/mol. The number of phenolic OH excluding ortho intramolecular Hbond substituents is 2. The number of nitrogens with one attached hydrogen (secondary N) is 4. The highest BCUT2D eigenvalue weighted by molar-refractivity contribution is 6.13. The Morgan fingerprint density at radius 1 is 0.457 bits per heavy atom. The molecule has 0 atom stereocenters. The lowest BCUT2D eigenvalue weighted by atomic mass is 9.86. The number of benzene rings is 6. The molecule has 0 amide bonds. The fourth-order valence-corrected chi connectivity index (χ4v) is 7.17. The first-order valence-electron chi connectivity index (χ1n) is 16.3. The van der Waals surface area contributed by atoms with Gasteiger partial charge in [0.05, 0.1) is 12.3 Å². The molecule has 2 aliphatic heterocycles. The number of phenols is 2. The summed E-state index contributed by atoms with van der Waals surface area (Å²) in [6, 6.07) is 37.1. The Morgan fingerprint density at radius 3 is 1.30 bits per heavy atom. The predicted molar refractivity (Wildman–Crippen MR) is 188 cm³/mol. The molecule has 2 fully saturated rings. The Hall–Kier alpha value is -4.72. The molecule has 6 heteroatoms. The van der Waals surface area contributed by atoms with Gasteiger partial charge in [-0.2, -0.15) is 0 Å². The second-order valence-corrected chi connectivity index (χ2v) is 12.4. The van der Waals surface area contributed by atoms with E-state index in [9.17, 15) is 10.2 Å². The SMILES string of the molecule is Oc1c(-c2cccc(C3NCCCN3)c2)cc2ccccc2c1-c1c(O)c(-c2cccc(C3NCCCN3)c2)cc2ccccc12. The summed E-state index contributed by atoms with van der Waals surface area (Å²) >= 11 is 0. The molecule has 0 aromatic heterocycles. The van der Waals surface area contributed by atoms with Gasteiger partial charge in [0.2, 0.25) is 0 Å². The van der Waals surface area contributed by atoms with Crippen LogP contribution in [0.5, 0.6) is 11.5 Å². The maximum Gasteiger partial charge on any atom is 0.132 e. The van der Waals surface area contributed by atoms with E-state index in [1.54, 1.807) is 0 Å². The van der Waals surface area contributed by atoms with E-state index in [1.165, 1.54) is 0 Å². The lowest BCUT2D eigenvalue weighted by Gasteiger charge is -2.26. The minimum Gasteiger partial charge on any atom is -0.507 e. The average molecular weight is 607 g/mol. The van der Waals surface area contributed by atoms with Gasteiger partial charge in [-0.15, -0.1) is 0 Å². The number of aromatic hydroxyl groups is 2. The first-order chi connectivity index (χ1) is 22.7. The van der Waals surface area contributed by atoms with E-state index in [2.05, 4.69) is 69.8 Å². The van der Waals surface area contributed by atoms with Crippen LogP contribution in [0.1, 0.15) is 36.3 Å². The molecule has 0 aliphatic carbocycles. The van der Waals surface area contributed by atoms with Crippen LogP contribution in [-0.4, -0.2) is 36.4 Å². The van der Waals surface area contributed by atoms with Crippen molar-refractivity contribution in [1.82, 2.24) is 21.3 Å². The van der Waals surface area contributed by atoms with Crippen LogP contribution in [0.4, 0.5) is 0 Å². The number of fused-ring (bicyclic) bond motifs is 2. The van der Waals surface area contributed by atoms with Gasteiger partial charge in [-0.3, -0.25) is 21.3 Å². The Kier molecular flexibility index (Phi) is 7.64.